The molecule has 0 unspecified atom stereocenters. The fourth-order valence-electron chi connectivity index (χ4n) is 1.72. The average Bonchev–Trinajstić information content (AvgIpc) is 2.57. The minimum absolute atomic E-state index is 0.0517. The molecule has 0 radical (unpaired) electrons. The molecule has 1 aromatic carbocycles. The van der Waals surface area contributed by atoms with Gasteiger partial charge in [-0.1, -0.05) is 13.0 Å². The number of carboxylic acids is 1. The van der Waals surface area contributed by atoms with Crippen molar-refractivity contribution >= 4 is 16.9 Å². The predicted octanol–water partition coefficient (Wildman–Crippen LogP) is 2.36. The number of aromatic nitrogens is 1. The third-order valence-corrected chi connectivity index (χ3v) is 2.49. The fourth-order valence-corrected chi connectivity index (χ4v) is 1.72. The molecule has 0 saturated heterocycles. The molecule has 2 aromatic rings. The van der Waals surface area contributed by atoms with Crippen LogP contribution in [0.4, 0.5) is 0 Å². The molecule has 15 heavy (non-hydrogen) atoms. The van der Waals surface area contributed by atoms with E-state index in [0.717, 1.165) is 23.0 Å². The van der Waals surface area contributed by atoms with Gasteiger partial charge in [-0.3, -0.25) is 4.79 Å². The van der Waals surface area contributed by atoms with Crippen molar-refractivity contribution in [2.24, 2.45) is 0 Å². The van der Waals surface area contributed by atoms with E-state index in [9.17, 15) is 4.79 Å². The van der Waals surface area contributed by atoms with Crippen LogP contribution in [0.15, 0.2) is 24.3 Å². The second kappa shape index (κ2) is 3.77. The minimum atomic E-state index is -0.808. The number of aliphatic carboxylic acids is 1. The second-order valence-electron chi connectivity index (χ2n) is 3.64. The van der Waals surface area contributed by atoms with Crippen LogP contribution in [-0.2, 0) is 17.6 Å². The minimum Gasteiger partial charge on any atom is -0.481 e. The number of benzene rings is 1. The zero-order valence-electron chi connectivity index (χ0n) is 8.58. The maximum atomic E-state index is 10.5. The van der Waals surface area contributed by atoms with E-state index in [1.165, 1.54) is 5.56 Å². The van der Waals surface area contributed by atoms with Gasteiger partial charge in [0.25, 0.3) is 0 Å². The Hall–Kier alpha value is -1.77. The number of aryl methyl sites for hydroxylation is 1. The quantitative estimate of drug-likeness (QED) is 0.804. The molecule has 0 aliphatic carbocycles. The van der Waals surface area contributed by atoms with Crippen LogP contribution < -0.4 is 0 Å². The molecule has 0 amide bonds. The van der Waals surface area contributed by atoms with Crippen molar-refractivity contribution in [3.8, 4) is 0 Å². The number of nitrogens with one attached hydrogen (secondary N) is 1. The van der Waals surface area contributed by atoms with Gasteiger partial charge < -0.3 is 10.1 Å². The maximum absolute atomic E-state index is 10.5. The van der Waals surface area contributed by atoms with Crippen LogP contribution in [0.3, 0.4) is 0 Å². The van der Waals surface area contributed by atoms with E-state index >= 15 is 0 Å². The smallest absolute Gasteiger partial charge is 0.309 e. The zero-order valence-corrected chi connectivity index (χ0v) is 8.58. The molecule has 2 N–H and O–H groups in total. The molecule has 2 rings (SSSR count). The first-order valence-corrected chi connectivity index (χ1v) is 5.01. The number of carbonyl (C=O) groups is 1. The Bertz CT molecular complexity index is 499. The summed E-state index contributed by atoms with van der Waals surface area (Å²) in [4.78, 5) is 13.6. The van der Waals surface area contributed by atoms with Crippen LogP contribution in [0.2, 0.25) is 0 Å². The summed E-state index contributed by atoms with van der Waals surface area (Å²) in [6.45, 7) is 2.10. The summed E-state index contributed by atoms with van der Waals surface area (Å²) >= 11 is 0. The van der Waals surface area contributed by atoms with E-state index in [-0.39, 0.29) is 6.42 Å². The molecule has 0 fully saturated rings. The monoisotopic (exact) mass is 203 g/mol. The molecular weight excluding hydrogens is 190 g/mol. The first-order chi connectivity index (χ1) is 7.19. The highest BCUT2D eigenvalue weighted by atomic mass is 16.4. The normalized spacial score (nSPS) is 10.7. The van der Waals surface area contributed by atoms with E-state index in [4.69, 9.17) is 5.11 Å². The zero-order chi connectivity index (χ0) is 10.8. The van der Waals surface area contributed by atoms with Crippen molar-refractivity contribution < 1.29 is 9.90 Å². The SMILES string of the molecule is CCc1ccc2[nH]c(CC(=O)O)cc2c1. The predicted molar refractivity (Wildman–Crippen MR) is 59.0 cm³/mol. The molecule has 0 saturated carbocycles. The number of rotatable bonds is 3. The lowest BCUT2D eigenvalue weighted by molar-refractivity contribution is -0.136. The van der Waals surface area contributed by atoms with Gasteiger partial charge in [-0.25, -0.2) is 0 Å². The molecule has 3 nitrogen and oxygen atoms in total. The van der Waals surface area contributed by atoms with E-state index in [1.54, 1.807) is 0 Å². The molecule has 1 heterocycles. The van der Waals surface area contributed by atoms with E-state index < -0.39 is 5.97 Å². The largest absolute Gasteiger partial charge is 0.481 e. The van der Waals surface area contributed by atoms with Crippen LogP contribution >= 0.6 is 0 Å². The van der Waals surface area contributed by atoms with Gasteiger partial charge in [0.1, 0.15) is 0 Å². The molecule has 78 valence electrons. The Morgan fingerprint density at radius 2 is 2.20 bits per heavy atom. The van der Waals surface area contributed by atoms with Crippen LogP contribution in [0.25, 0.3) is 10.9 Å². The van der Waals surface area contributed by atoms with Gasteiger partial charge in [0.15, 0.2) is 0 Å². The first kappa shape index (κ1) is 9.77. The van der Waals surface area contributed by atoms with Gasteiger partial charge in [0, 0.05) is 11.2 Å². The Balaban J connectivity index is 2.42. The Labute approximate surface area is 87.7 Å². The van der Waals surface area contributed by atoms with E-state index in [1.807, 2.05) is 12.1 Å². The Morgan fingerprint density at radius 3 is 2.87 bits per heavy atom. The van der Waals surface area contributed by atoms with Gasteiger partial charge in [0.2, 0.25) is 0 Å². The van der Waals surface area contributed by atoms with Crippen LogP contribution in [0.1, 0.15) is 18.2 Å². The highest BCUT2D eigenvalue weighted by Gasteiger charge is 2.04. The van der Waals surface area contributed by atoms with Gasteiger partial charge >= 0.3 is 5.97 Å². The number of carboxylic acid groups (broad SMARTS) is 1. The summed E-state index contributed by atoms with van der Waals surface area (Å²) < 4.78 is 0. The standard InChI is InChI=1S/C12H13NO2/c1-2-8-3-4-11-9(5-8)6-10(13-11)7-12(14)15/h3-6,13H,2,7H2,1H3,(H,14,15). The van der Waals surface area contributed by atoms with Crippen LogP contribution in [0.5, 0.6) is 0 Å². The summed E-state index contributed by atoms with van der Waals surface area (Å²) in [6, 6.07) is 8.06. The number of aromatic amines is 1. The lowest BCUT2D eigenvalue weighted by Gasteiger charge is -1.94. The highest BCUT2D eigenvalue weighted by Crippen LogP contribution is 2.17. The summed E-state index contributed by atoms with van der Waals surface area (Å²) in [7, 11) is 0. The lowest BCUT2D eigenvalue weighted by Crippen LogP contribution is -1.99. The first-order valence-electron chi connectivity index (χ1n) is 5.01. The number of hydrogen-bond donors (Lipinski definition) is 2. The topological polar surface area (TPSA) is 53.1 Å². The molecule has 0 spiro atoms. The van der Waals surface area contributed by atoms with Crippen molar-refractivity contribution in [1.82, 2.24) is 4.98 Å². The highest BCUT2D eigenvalue weighted by molar-refractivity contribution is 5.82. The van der Waals surface area contributed by atoms with Crippen LogP contribution in [0, 0.1) is 0 Å². The lowest BCUT2D eigenvalue weighted by atomic mass is 10.1. The van der Waals surface area contributed by atoms with Crippen molar-refractivity contribution in [1.29, 1.82) is 0 Å². The van der Waals surface area contributed by atoms with Gasteiger partial charge in [-0.2, -0.15) is 0 Å². The van der Waals surface area contributed by atoms with Crippen molar-refractivity contribution in [3.63, 3.8) is 0 Å². The third-order valence-electron chi connectivity index (χ3n) is 2.49. The van der Waals surface area contributed by atoms with Gasteiger partial charge in [-0.05, 0) is 35.6 Å². The molecular formula is C12H13NO2. The van der Waals surface area contributed by atoms with Crippen LogP contribution in [-0.4, -0.2) is 16.1 Å². The van der Waals surface area contributed by atoms with Crippen molar-refractivity contribution in [3.05, 3.63) is 35.5 Å². The molecule has 0 atom stereocenters. The number of H-pyrrole nitrogens is 1. The summed E-state index contributed by atoms with van der Waals surface area (Å²) in [5.74, 6) is -0.808. The summed E-state index contributed by atoms with van der Waals surface area (Å²) in [5, 5.41) is 9.76. The van der Waals surface area contributed by atoms with Crippen molar-refractivity contribution in [2.75, 3.05) is 0 Å². The maximum Gasteiger partial charge on any atom is 0.309 e. The number of hydrogen-bond acceptors (Lipinski definition) is 1. The molecule has 0 bridgehead atoms. The van der Waals surface area contributed by atoms with Crippen molar-refractivity contribution in [2.45, 2.75) is 19.8 Å². The Morgan fingerprint density at radius 1 is 1.40 bits per heavy atom. The number of fused-ring (bicyclic) bond motifs is 1. The van der Waals surface area contributed by atoms with E-state index in [0.29, 0.717) is 0 Å². The van der Waals surface area contributed by atoms with E-state index in [2.05, 4.69) is 24.0 Å². The molecule has 1 aromatic heterocycles. The molecule has 0 aliphatic rings. The third kappa shape index (κ3) is 2.01. The molecule has 0 aliphatic heterocycles. The van der Waals surface area contributed by atoms with Gasteiger partial charge in [0.05, 0.1) is 6.42 Å². The summed E-state index contributed by atoms with van der Waals surface area (Å²) in [5.41, 5.74) is 3.03. The average molecular weight is 203 g/mol. The fraction of sp³-hybridized carbons (Fsp3) is 0.250. The second-order valence-corrected chi connectivity index (χ2v) is 3.64. The van der Waals surface area contributed by atoms with Gasteiger partial charge in [-0.15, -0.1) is 0 Å². The summed E-state index contributed by atoms with van der Waals surface area (Å²) in [6.07, 6.45) is 1.05. The Kier molecular flexibility index (Phi) is 2.46. The molecule has 3 heteroatoms.